The molecule has 0 radical (unpaired) electrons. The summed E-state index contributed by atoms with van der Waals surface area (Å²) in [6.45, 7) is 0.395. The van der Waals surface area contributed by atoms with E-state index in [0.717, 1.165) is 5.56 Å². The van der Waals surface area contributed by atoms with Crippen LogP contribution in [0.5, 0.6) is 0 Å². The average Bonchev–Trinajstić information content (AvgIpc) is 3.14. The lowest BCUT2D eigenvalue weighted by atomic mass is 10.2. The van der Waals surface area contributed by atoms with Crippen molar-refractivity contribution in [1.29, 1.82) is 0 Å². The highest BCUT2D eigenvalue weighted by Crippen LogP contribution is 2.32. The molecule has 0 saturated carbocycles. The number of carbonyl (C=O) groups is 1. The SMILES string of the molecule is O=C(Nc1ccccn1)c1cccc(S(=O)(=O)N2CCc3ccccc32)c1. The number of fused-ring (bicyclic) bond motifs is 1. The van der Waals surface area contributed by atoms with E-state index in [-0.39, 0.29) is 10.5 Å². The lowest BCUT2D eigenvalue weighted by Gasteiger charge is -2.19. The van der Waals surface area contributed by atoms with Crippen LogP contribution in [0, 0.1) is 0 Å². The molecule has 0 aliphatic carbocycles. The number of benzene rings is 2. The van der Waals surface area contributed by atoms with Gasteiger partial charge < -0.3 is 5.32 Å². The highest BCUT2D eigenvalue weighted by molar-refractivity contribution is 7.92. The van der Waals surface area contributed by atoms with E-state index in [1.807, 2.05) is 18.2 Å². The normalized spacial score (nSPS) is 13.3. The molecule has 7 heteroatoms. The van der Waals surface area contributed by atoms with Gasteiger partial charge in [0.2, 0.25) is 0 Å². The first-order chi connectivity index (χ1) is 13.1. The van der Waals surface area contributed by atoms with Crippen molar-refractivity contribution in [3.8, 4) is 0 Å². The van der Waals surface area contributed by atoms with E-state index in [4.69, 9.17) is 0 Å². The number of anilines is 2. The highest BCUT2D eigenvalue weighted by Gasteiger charge is 2.30. The standard InChI is InChI=1S/C20H17N3O3S/c24-20(22-19-10-3-4-12-21-19)16-7-5-8-17(14-16)27(25,26)23-13-11-15-6-1-2-9-18(15)23/h1-10,12,14H,11,13H2,(H,21,22,24). The second kappa shape index (κ2) is 6.85. The molecule has 0 unspecified atom stereocenters. The largest absolute Gasteiger partial charge is 0.307 e. The Bertz CT molecular complexity index is 1100. The highest BCUT2D eigenvalue weighted by atomic mass is 32.2. The maximum atomic E-state index is 13.1. The predicted octanol–water partition coefficient (Wildman–Crippen LogP) is 3.09. The van der Waals surface area contributed by atoms with E-state index in [1.165, 1.54) is 16.4 Å². The summed E-state index contributed by atoms with van der Waals surface area (Å²) >= 11 is 0. The molecule has 6 nitrogen and oxygen atoms in total. The molecule has 1 aliphatic rings. The zero-order valence-corrected chi connectivity index (χ0v) is 15.2. The third-order valence-corrected chi connectivity index (χ3v) is 6.24. The van der Waals surface area contributed by atoms with Crippen molar-refractivity contribution in [1.82, 2.24) is 4.98 Å². The number of hydrogen-bond acceptors (Lipinski definition) is 4. The summed E-state index contributed by atoms with van der Waals surface area (Å²) in [6, 6.07) is 18.7. The van der Waals surface area contributed by atoms with E-state index in [1.54, 1.807) is 42.6 Å². The Hall–Kier alpha value is -3.19. The Kier molecular flexibility index (Phi) is 4.37. The molecule has 0 fully saturated rings. The summed E-state index contributed by atoms with van der Waals surface area (Å²) in [5.41, 5.74) is 1.96. The summed E-state index contributed by atoms with van der Waals surface area (Å²) < 4.78 is 27.6. The number of nitrogens with one attached hydrogen (secondary N) is 1. The summed E-state index contributed by atoms with van der Waals surface area (Å²) in [6.07, 6.45) is 2.25. The van der Waals surface area contributed by atoms with Crippen LogP contribution in [-0.2, 0) is 16.4 Å². The van der Waals surface area contributed by atoms with Gasteiger partial charge in [-0.15, -0.1) is 0 Å². The Morgan fingerprint density at radius 1 is 1.00 bits per heavy atom. The number of pyridine rings is 1. The van der Waals surface area contributed by atoms with E-state index < -0.39 is 15.9 Å². The van der Waals surface area contributed by atoms with Gasteiger partial charge in [0.05, 0.1) is 10.6 Å². The van der Waals surface area contributed by atoms with Gasteiger partial charge in [0, 0.05) is 18.3 Å². The van der Waals surface area contributed by atoms with Gasteiger partial charge in [-0.25, -0.2) is 13.4 Å². The Labute approximate surface area is 157 Å². The van der Waals surface area contributed by atoms with Gasteiger partial charge in [-0.1, -0.05) is 30.3 Å². The minimum absolute atomic E-state index is 0.0906. The molecule has 1 N–H and O–H groups in total. The topological polar surface area (TPSA) is 79.4 Å². The Morgan fingerprint density at radius 2 is 1.81 bits per heavy atom. The molecule has 0 bridgehead atoms. The zero-order chi connectivity index (χ0) is 18.9. The molecule has 27 heavy (non-hydrogen) atoms. The fourth-order valence-electron chi connectivity index (χ4n) is 3.11. The molecule has 1 aliphatic heterocycles. The molecule has 3 aromatic rings. The van der Waals surface area contributed by atoms with Crippen molar-refractivity contribution >= 4 is 27.4 Å². The van der Waals surface area contributed by atoms with Gasteiger partial charge >= 0.3 is 0 Å². The van der Waals surface area contributed by atoms with Gasteiger partial charge in [-0.2, -0.15) is 0 Å². The Balaban J connectivity index is 1.63. The first kappa shape index (κ1) is 17.2. The number of rotatable bonds is 4. The van der Waals surface area contributed by atoms with Crippen LogP contribution in [-0.4, -0.2) is 25.9 Å². The van der Waals surface area contributed by atoms with E-state index in [2.05, 4.69) is 10.3 Å². The molecule has 2 aromatic carbocycles. The van der Waals surface area contributed by atoms with Gasteiger partial charge in [-0.3, -0.25) is 9.10 Å². The molecule has 2 heterocycles. The number of nitrogens with zero attached hydrogens (tertiary/aromatic N) is 2. The number of amides is 1. The van der Waals surface area contributed by atoms with Crippen LogP contribution in [0.2, 0.25) is 0 Å². The lowest BCUT2D eigenvalue weighted by Crippen LogP contribution is -2.29. The number of sulfonamides is 1. The summed E-state index contributed by atoms with van der Waals surface area (Å²) in [5.74, 6) is -0.00296. The van der Waals surface area contributed by atoms with Crippen LogP contribution in [0.4, 0.5) is 11.5 Å². The maximum absolute atomic E-state index is 13.1. The molecular formula is C20H17N3O3S. The third kappa shape index (κ3) is 3.29. The minimum atomic E-state index is -3.74. The van der Waals surface area contributed by atoms with Crippen LogP contribution in [0.1, 0.15) is 15.9 Å². The quantitative estimate of drug-likeness (QED) is 0.755. The van der Waals surface area contributed by atoms with Crippen LogP contribution >= 0.6 is 0 Å². The summed E-state index contributed by atoms with van der Waals surface area (Å²) in [4.78, 5) is 16.6. The number of para-hydroxylation sites is 1. The minimum Gasteiger partial charge on any atom is -0.307 e. The molecule has 1 amide bonds. The van der Waals surface area contributed by atoms with E-state index >= 15 is 0 Å². The number of hydrogen-bond donors (Lipinski definition) is 1. The average molecular weight is 379 g/mol. The zero-order valence-electron chi connectivity index (χ0n) is 14.4. The van der Waals surface area contributed by atoms with Crippen LogP contribution in [0.25, 0.3) is 0 Å². The number of aromatic nitrogens is 1. The summed E-state index contributed by atoms with van der Waals surface area (Å²) in [5, 5.41) is 2.66. The van der Waals surface area contributed by atoms with Crippen molar-refractivity contribution in [2.45, 2.75) is 11.3 Å². The van der Waals surface area contributed by atoms with Gasteiger partial charge in [0.25, 0.3) is 15.9 Å². The van der Waals surface area contributed by atoms with Gasteiger partial charge in [0.1, 0.15) is 5.82 Å². The predicted molar refractivity (Wildman–Crippen MR) is 103 cm³/mol. The van der Waals surface area contributed by atoms with Gasteiger partial charge in [-0.05, 0) is 48.4 Å². The second-order valence-electron chi connectivity index (χ2n) is 6.15. The lowest BCUT2D eigenvalue weighted by molar-refractivity contribution is 0.102. The monoisotopic (exact) mass is 379 g/mol. The fraction of sp³-hybridized carbons (Fsp3) is 0.100. The van der Waals surface area contributed by atoms with Crippen molar-refractivity contribution < 1.29 is 13.2 Å². The molecular weight excluding hydrogens is 362 g/mol. The fourth-order valence-corrected chi connectivity index (χ4v) is 4.66. The molecule has 4 rings (SSSR count). The van der Waals surface area contributed by atoms with Crippen molar-refractivity contribution in [3.05, 3.63) is 84.1 Å². The van der Waals surface area contributed by atoms with Crippen molar-refractivity contribution in [2.24, 2.45) is 0 Å². The van der Waals surface area contributed by atoms with Crippen LogP contribution < -0.4 is 9.62 Å². The molecule has 0 saturated heterocycles. The first-order valence-electron chi connectivity index (χ1n) is 8.49. The smallest absolute Gasteiger partial charge is 0.264 e. The van der Waals surface area contributed by atoms with Crippen LogP contribution in [0.3, 0.4) is 0 Å². The molecule has 0 atom stereocenters. The van der Waals surface area contributed by atoms with E-state index in [9.17, 15) is 13.2 Å². The van der Waals surface area contributed by atoms with Crippen molar-refractivity contribution in [3.63, 3.8) is 0 Å². The second-order valence-corrected chi connectivity index (χ2v) is 8.02. The first-order valence-corrected chi connectivity index (χ1v) is 9.93. The van der Waals surface area contributed by atoms with E-state index in [0.29, 0.717) is 24.5 Å². The molecule has 136 valence electrons. The maximum Gasteiger partial charge on any atom is 0.264 e. The van der Waals surface area contributed by atoms with Crippen LogP contribution in [0.15, 0.2) is 77.8 Å². The van der Waals surface area contributed by atoms with Gasteiger partial charge in [0.15, 0.2) is 0 Å². The molecule has 0 spiro atoms. The van der Waals surface area contributed by atoms with Crippen molar-refractivity contribution in [2.75, 3.05) is 16.2 Å². The summed E-state index contributed by atoms with van der Waals surface area (Å²) in [7, 11) is -3.74. The molecule has 1 aromatic heterocycles. The number of carbonyl (C=O) groups excluding carboxylic acids is 1. The Morgan fingerprint density at radius 3 is 2.63 bits per heavy atom. The third-order valence-electron chi connectivity index (χ3n) is 4.44.